The molecule has 3 nitrogen and oxygen atoms in total. The summed E-state index contributed by atoms with van der Waals surface area (Å²) in [5, 5.41) is 12.3. The Morgan fingerprint density at radius 1 is 0.946 bits per heavy atom. The number of nitriles is 1. The zero-order chi connectivity index (χ0) is 25.5. The Balaban J connectivity index is 1.52. The topological polar surface area (TPSA) is 40.8 Å². The normalized spacial score (nSPS) is 19.8. The molecule has 1 saturated carbocycles. The molecule has 2 aliphatic carbocycles. The van der Waals surface area contributed by atoms with Gasteiger partial charge in [0.2, 0.25) is 5.69 Å². The minimum absolute atomic E-state index is 0.204. The lowest BCUT2D eigenvalue weighted by Crippen LogP contribution is -2.30. The van der Waals surface area contributed by atoms with Gasteiger partial charge in [-0.25, -0.2) is 4.57 Å². The summed E-state index contributed by atoms with van der Waals surface area (Å²) in [5.74, 6) is 1.34. The van der Waals surface area contributed by atoms with E-state index in [-0.39, 0.29) is 5.41 Å². The molecule has 3 aromatic carbocycles. The van der Waals surface area contributed by atoms with E-state index in [2.05, 4.69) is 93.2 Å². The standard InChI is InChI=1S/C34H31N2O/c1-20-11-14-24-25-15-12-22(19-35)31(33(25)37-32(24)30(20)29-10-5-6-17-36(29)4)21-13-16-28-26(18-21)23-8-7-9-27(23)34(28,2)3/h5-6,10-18,23,27H,7-9H2,1-4H3/q+1. The molecule has 5 aromatic rings. The van der Waals surface area contributed by atoms with Gasteiger partial charge in [0.25, 0.3) is 0 Å². The molecule has 0 amide bonds. The van der Waals surface area contributed by atoms with Gasteiger partial charge in [-0.1, -0.05) is 50.6 Å². The van der Waals surface area contributed by atoms with Crippen molar-refractivity contribution in [1.29, 1.82) is 5.26 Å². The molecule has 37 heavy (non-hydrogen) atoms. The molecule has 2 atom stereocenters. The van der Waals surface area contributed by atoms with Crippen molar-refractivity contribution in [1.82, 2.24) is 0 Å². The first kappa shape index (κ1) is 22.3. The Kier molecular flexibility index (Phi) is 4.70. The molecule has 2 unspecified atom stereocenters. The molecule has 2 aromatic heterocycles. The minimum atomic E-state index is 0.204. The third-order valence-corrected chi connectivity index (χ3v) is 9.33. The molecule has 0 bridgehead atoms. The number of nitrogens with zero attached hydrogens (tertiary/aromatic N) is 2. The lowest BCUT2D eigenvalue weighted by atomic mass is 9.77. The van der Waals surface area contributed by atoms with Gasteiger partial charge in [-0.05, 0) is 77.5 Å². The number of hydrogen-bond acceptors (Lipinski definition) is 2. The average Bonchev–Trinajstić information content (AvgIpc) is 3.58. The Hall–Kier alpha value is -3.90. The zero-order valence-corrected chi connectivity index (χ0v) is 21.9. The first-order valence-electron chi connectivity index (χ1n) is 13.4. The largest absolute Gasteiger partial charge is 0.454 e. The van der Waals surface area contributed by atoms with E-state index in [9.17, 15) is 5.26 Å². The molecule has 7 rings (SSSR count). The van der Waals surface area contributed by atoms with E-state index in [1.807, 2.05) is 12.1 Å². The van der Waals surface area contributed by atoms with Gasteiger partial charge in [-0.2, -0.15) is 5.26 Å². The fourth-order valence-electron chi connectivity index (χ4n) is 7.49. The second-order valence-corrected chi connectivity index (χ2v) is 11.6. The van der Waals surface area contributed by atoms with Crippen molar-refractivity contribution >= 4 is 21.9 Å². The molecular weight excluding hydrogens is 452 g/mol. The third-order valence-electron chi connectivity index (χ3n) is 9.33. The monoisotopic (exact) mass is 483 g/mol. The van der Waals surface area contributed by atoms with Crippen LogP contribution >= 0.6 is 0 Å². The van der Waals surface area contributed by atoms with Gasteiger partial charge in [0.1, 0.15) is 18.2 Å². The molecule has 0 spiro atoms. The van der Waals surface area contributed by atoms with Crippen LogP contribution in [0.4, 0.5) is 0 Å². The van der Waals surface area contributed by atoms with Crippen LogP contribution < -0.4 is 4.57 Å². The quantitative estimate of drug-likeness (QED) is 0.238. The maximum atomic E-state index is 10.2. The van der Waals surface area contributed by atoms with Crippen LogP contribution in [0.3, 0.4) is 0 Å². The highest BCUT2D eigenvalue weighted by molar-refractivity contribution is 6.14. The highest BCUT2D eigenvalue weighted by Gasteiger charge is 2.48. The molecule has 182 valence electrons. The maximum absolute atomic E-state index is 10.2. The number of aromatic nitrogens is 1. The van der Waals surface area contributed by atoms with Crippen LogP contribution in [0, 0.1) is 24.2 Å². The summed E-state index contributed by atoms with van der Waals surface area (Å²) in [6.07, 6.45) is 5.95. The van der Waals surface area contributed by atoms with Crippen molar-refractivity contribution in [2.45, 2.75) is 51.4 Å². The van der Waals surface area contributed by atoms with Crippen LogP contribution in [0.15, 0.2) is 71.3 Å². The van der Waals surface area contributed by atoms with Gasteiger partial charge in [-0.15, -0.1) is 0 Å². The molecule has 2 aliphatic rings. The Labute approximate surface area is 218 Å². The predicted octanol–water partition coefficient (Wildman–Crippen LogP) is 8.10. The second-order valence-electron chi connectivity index (χ2n) is 11.6. The average molecular weight is 484 g/mol. The van der Waals surface area contributed by atoms with Crippen molar-refractivity contribution in [3.05, 3.63) is 89.1 Å². The van der Waals surface area contributed by atoms with Gasteiger partial charge < -0.3 is 4.42 Å². The second kappa shape index (κ2) is 7.80. The van der Waals surface area contributed by atoms with Crippen LogP contribution in [-0.2, 0) is 12.5 Å². The lowest BCUT2D eigenvalue weighted by Gasteiger charge is -2.27. The van der Waals surface area contributed by atoms with E-state index in [1.165, 1.54) is 36.0 Å². The van der Waals surface area contributed by atoms with Gasteiger partial charge in [0.15, 0.2) is 6.20 Å². The molecule has 1 fully saturated rings. The number of aryl methyl sites for hydroxylation is 2. The summed E-state index contributed by atoms with van der Waals surface area (Å²) in [4.78, 5) is 0. The van der Waals surface area contributed by atoms with E-state index in [0.29, 0.717) is 17.4 Å². The van der Waals surface area contributed by atoms with E-state index in [0.717, 1.165) is 44.3 Å². The zero-order valence-electron chi connectivity index (χ0n) is 21.9. The number of fused-ring (bicyclic) bond motifs is 6. The number of furan rings is 1. The van der Waals surface area contributed by atoms with Gasteiger partial charge in [-0.3, -0.25) is 0 Å². The van der Waals surface area contributed by atoms with Crippen molar-refractivity contribution in [3.8, 4) is 28.5 Å². The molecule has 0 radical (unpaired) electrons. The Bertz CT molecular complexity index is 1780. The summed E-state index contributed by atoms with van der Waals surface area (Å²) in [5.41, 5.74) is 10.9. The van der Waals surface area contributed by atoms with Crippen LogP contribution in [0.5, 0.6) is 0 Å². The highest BCUT2D eigenvalue weighted by Crippen LogP contribution is 2.58. The van der Waals surface area contributed by atoms with Crippen molar-refractivity contribution in [2.75, 3.05) is 0 Å². The van der Waals surface area contributed by atoms with Crippen molar-refractivity contribution in [3.63, 3.8) is 0 Å². The molecule has 0 N–H and O–H groups in total. The summed E-state index contributed by atoms with van der Waals surface area (Å²) >= 11 is 0. The first-order valence-corrected chi connectivity index (χ1v) is 13.4. The third kappa shape index (κ3) is 3.02. The summed E-state index contributed by atoms with van der Waals surface area (Å²) < 4.78 is 8.92. The predicted molar refractivity (Wildman–Crippen MR) is 148 cm³/mol. The molecular formula is C34H31N2O+. The fraction of sp³-hybridized carbons (Fsp3) is 0.294. The lowest BCUT2D eigenvalue weighted by molar-refractivity contribution is -0.660. The van der Waals surface area contributed by atoms with Crippen LogP contribution in [-0.4, -0.2) is 0 Å². The smallest absolute Gasteiger partial charge is 0.216 e. The van der Waals surface area contributed by atoms with Gasteiger partial charge in [0, 0.05) is 28.5 Å². The van der Waals surface area contributed by atoms with Gasteiger partial charge in [0.05, 0.1) is 17.2 Å². The molecule has 2 heterocycles. The molecule has 3 heteroatoms. The van der Waals surface area contributed by atoms with E-state index in [4.69, 9.17) is 4.42 Å². The minimum Gasteiger partial charge on any atom is -0.454 e. The van der Waals surface area contributed by atoms with Crippen LogP contribution in [0.1, 0.15) is 61.3 Å². The van der Waals surface area contributed by atoms with E-state index < -0.39 is 0 Å². The summed E-state index contributed by atoms with van der Waals surface area (Å²) in [6.45, 7) is 6.96. The number of benzene rings is 3. The maximum Gasteiger partial charge on any atom is 0.216 e. The van der Waals surface area contributed by atoms with E-state index in [1.54, 1.807) is 0 Å². The van der Waals surface area contributed by atoms with Gasteiger partial charge >= 0.3 is 0 Å². The first-order chi connectivity index (χ1) is 17.9. The highest BCUT2D eigenvalue weighted by atomic mass is 16.3. The van der Waals surface area contributed by atoms with Crippen LogP contribution in [0.25, 0.3) is 44.3 Å². The van der Waals surface area contributed by atoms with Crippen molar-refractivity contribution in [2.24, 2.45) is 13.0 Å². The SMILES string of the molecule is Cc1ccc2c(oc3c(-c4ccc5c(c4)C4CCCC4C5(C)C)c(C#N)ccc32)c1-c1cccc[n+]1C. The summed E-state index contributed by atoms with van der Waals surface area (Å²) in [6, 6.07) is 24.0. The Morgan fingerprint density at radius 2 is 1.73 bits per heavy atom. The number of hydrogen-bond donors (Lipinski definition) is 0. The van der Waals surface area contributed by atoms with Crippen LogP contribution in [0.2, 0.25) is 0 Å². The number of pyridine rings is 1. The molecule has 0 saturated heterocycles. The number of rotatable bonds is 2. The summed E-state index contributed by atoms with van der Waals surface area (Å²) in [7, 11) is 2.07. The van der Waals surface area contributed by atoms with Crippen molar-refractivity contribution < 1.29 is 8.98 Å². The Morgan fingerprint density at radius 3 is 2.51 bits per heavy atom. The fourth-order valence-corrected chi connectivity index (χ4v) is 7.49. The van der Waals surface area contributed by atoms with E-state index >= 15 is 0 Å². The molecule has 0 aliphatic heterocycles.